The summed E-state index contributed by atoms with van der Waals surface area (Å²) in [6, 6.07) is 9.09. The van der Waals surface area contributed by atoms with Crippen molar-refractivity contribution in [3.05, 3.63) is 42.2 Å². The molecule has 1 aromatic carbocycles. The molecule has 0 bridgehead atoms. The van der Waals surface area contributed by atoms with Crippen LogP contribution in [0.5, 0.6) is 5.75 Å². The molecule has 2 heterocycles. The Labute approximate surface area is 153 Å². The van der Waals surface area contributed by atoms with Gasteiger partial charge in [0, 0.05) is 44.2 Å². The summed E-state index contributed by atoms with van der Waals surface area (Å²) >= 11 is 0. The van der Waals surface area contributed by atoms with Crippen molar-refractivity contribution in [3.8, 4) is 5.75 Å². The molecule has 1 saturated heterocycles. The lowest BCUT2D eigenvalue weighted by atomic mass is 10.1. The number of benzene rings is 1. The summed E-state index contributed by atoms with van der Waals surface area (Å²) in [6.45, 7) is 1.95. The van der Waals surface area contributed by atoms with E-state index in [4.69, 9.17) is 9.47 Å². The van der Waals surface area contributed by atoms with Gasteiger partial charge in [0.25, 0.3) is 0 Å². The molecule has 7 heteroatoms. The van der Waals surface area contributed by atoms with Gasteiger partial charge in [-0.05, 0) is 49.6 Å². The highest BCUT2D eigenvalue weighted by molar-refractivity contribution is 5.89. The van der Waals surface area contributed by atoms with E-state index in [-0.39, 0.29) is 12.1 Å². The number of aryl methyl sites for hydroxylation is 1. The summed E-state index contributed by atoms with van der Waals surface area (Å²) < 4.78 is 13.2. The standard InChI is InChI=1S/C19H26N4O3/c1-23-16(10-12-21-23)9-11-20-19(24)22-15-5-7-17(8-6-15)26-14-18-4-2-3-13-25-18/h5-8,10,12,18H,2-4,9,11,13-14H2,1H3,(H2,20,22,24)/t18-/m1/s1. The number of ether oxygens (including phenoxy) is 2. The topological polar surface area (TPSA) is 77.4 Å². The molecule has 1 fully saturated rings. The molecule has 0 saturated carbocycles. The highest BCUT2D eigenvalue weighted by Gasteiger charge is 2.14. The molecule has 1 aromatic heterocycles. The van der Waals surface area contributed by atoms with Crippen molar-refractivity contribution < 1.29 is 14.3 Å². The van der Waals surface area contributed by atoms with Crippen LogP contribution in [-0.2, 0) is 18.2 Å². The number of hydrogen-bond donors (Lipinski definition) is 2. The number of amides is 2. The first kappa shape index (κ1) is 18.3. The number of carbonyl (C=O) groups is 1. The van der Waals surface area contributed by atoms with Crippen LogP contribution in [0.2, 0.25) is 0 Å². The zero-order valence-electron chi connectivity index (χ0n) is 15.1. The molecular formula is C19H26N4O3. The molecule has 1 aliphatic heterocycles. The van der Waals surface area contributed by atoms with Crippen molar-refractivity contribution >= 4 is 11.7 Å². The minimum atomic E-state index is -0.226. The summed E-state index contributed by atoms with van der Waals surface area (Å²) in [6.07, 6.45) is 6.07. The third-order valence-electron chi connectivity index (χ3n) is 4.41. The van der Waals surface area contributed by atoms with E-state index in [0.29, 0.717) is 13.2 Å². The number of hydrogen-bond acceptors (Lipinski definition) is 4. The fourth-order valence-corrected chi connectivity index (χ4v) is 2.89. The molecule has 140 valence electrons. The largest absolute Gasteiger partial charge is 0.491 e. The second kappa shape index (κ2) is 9.24. The lowest BCUT2D eigenvalue weighted by Crippen LogP contribution is -2.30. The first-order chi connectivity index (χ1) is 12.7. The zero-order valence-corrected chi connectivity index (χ0v) is 15.1. The summed E-state index contributed by atoms with van der Waals surface area (Å²) in [4.78, 5) is 12.0. The highest BCUT2D eigenvalue weighted by Crippen LogP contribution is 2.18. The van der Waals surface area contributed by atoms with Crippen LogP contribution < -0.4 is 15.4 Å². The van der Waals surface area contributed by atoms with Gasteiger partial charge in [0.1, 0.15) is 12.4 Å². The Hall–Kier alpha value is -2.54. The molecule has 0 spiro atoms. The summed E-state index contributed by atoms with van der Waals surface area (Å²) in [5.74, 6) is 0.779. The Morgan fingerprint density at radius 2 is 2.15 bits per heavy atom. The molecule has 0 unspecified atom stereocenters. The lowest BCUT2D eigenvalue weighted by molar-refractivity contribution is -0.0110. The third-order valence-corrected chi connectivity index (χ3v) is 4.41. The Bertz CT molecular complexity index is 693. The number of nitrogens with zero attached hydrogens (tertiary/aromatic N) is 2. The maximum Gasteiger partial charge on any atom is 0.319 e. The second-order valence-corrected chi connectivity index (χ2v) is 6.40. The highest BCUT2D eigenvalue weighted by atomic mass is 16.5. The van der Waals surface area contributed by atoms with Crippen molar-refractivity contribution in [3.63, 3.8) is 0 Å². The van der Waals surface area contributed by atoms with Gasteiger partial charge in [-0.1, -0.05) is 0 Å². The van der Waals surface area contributed by atoms with Crippen LogP contribution in [0.3, 0.4) is 0 Å². The number of nitrogens with one attached hydrogen (secondary N) is 2. The van der Waals surface area contributed by atoms with E-state index in [0.717, 1.165) is 43.0 Å². The SMILES string of the molecule is Cn1nccc1CCNC(=O)Nc1ccc(OC[C@H]2CCCCO2)cc1. The summed E-state index contributed by atoms with van der Waals surface area (Å²) in [7, 11) is 1.89. The number of anilines is 1. The first-order valence-electron chi connectivity index (χ1n) is 9.07. The fourth-order valence-electron chi connectivity index (χ4n) is 2.89. The van der Waals surface area contributed by atoms with Crippen molar-refractivity contribution in [1.82, 2.24) is 15.1 Å². The lowest BCUT2D eigenvalue weighted by Gasteiger charge is -2.22. The normalized spacial score (nSPS) is 16.9. The van der Waals surface area contributed by atoms with Crippen LogP contribution in [0.25, 0.3) is 0 Å². The molecular weight excluding hydrogens is 332 g/mol. The van der Waals surface area contributed by atoms with Gasteiger partial charge in [-0.2, -0.15) is 5.10 Å². The number of urea groups is 1. The summed E-state index contributed by atoms with van der Waals surface area (Å²) in [5, 5.41) is 9.76. The molecule has 2 aromatic rings. The van der Waals surface area contributed by atoms with E-state index in [1.54, 1.807) is 10.9 Å². The van der Waals surface area contributed by atoms with Crippen LogP contribution in [0.4, 0.5) is 10.5 Å². The van der Waals surface area contributed by atoms with Crippen molar-refractivity contribution in [2.75, 3.05) is 25.1 Å². The Balaban J connectivity index is 1.37. The van der Waals surface area contributed by atoms with Crippen LogP contribution in [-0.4, -0.2) is 41.7 Å². The van der Waals surface area contributed by atoms with Gasteiger partial charge >= 0.3 is 6.03 Å². The average molecular weight is 358 g/mol. The van der Waals surface area contributed by atoms with Crippen molar-refractivity contribution in [2.45, 2.75) is 31.8 Å². The van der Waals surface area contributed by atoms with Crippen LogP contribution in [0, 0.1) is 0 Å². The molecule has 7 nitrogen and oxygen atoms in total. The minimum absolute atomic E-state index is 0.187. The van der Waals surface area contributed by atoms with E-state index >= 15 is 0 Å². The quantitative estimate of drug-likeness (QED) is 0.798. The van der Waals surface area contributed by atoms with Gasteiger partial charge in [-0.25, -0.2) is 4.79 Å². The van der Waals surface area contributed by atoms with Crippen LogP contribution >= 0.6 is 0 Å². The maximum atomic E-state index is 12.0. The van der Waals surface area contributed by atoms with Crippen LogP contribution in [0.1, 0.15) is 25.0 Å². The molecule has 26 heavy (non-hydrogen) atoms. The van der Waals surface area contributed by atoms with Gasteiger partial charge in [-0.3, -0.25) is 4.68 Å². The second-order valence-electron chi connectivity index (χ2n) is 6.40. The Morgan fingerprint density at radius 3 is 2.85 bits per heavy atom. The van der Waals surface area contributed by atoms with Crippen LogP contribution in [0.15, 0.2) is 36.5 Å². The minimum Gasteiger partial charge on any atom is -0.491 e. The molecule has 3 rings (SSSR count). The molecule has 0 aliphatic carbocycles. The smallest absolute Gasteiger partial charge is 0.319 e. The van der Waals surface area contributed by atoms with E-state index in [2.05, 4.69) is 15.7 Å². The zero-order chi connectivity index (χ0) is 18.2. The van der Waals surface area contributed by atoms with E-state index in [1.165, 1.54) is 6.42 Å². The van der Waals surface area contributed by atoms with Gasteiger partial charge in [0.05, 0.1) is 6.10 Å². The first-order valence-corrected chi connectivity index (χ1v) is 9.07. The molecule has 0 radical (unpaired) electrons. The number of carbonyl (C=O) groups excluding carboxylic acids is 1. The van der Waals surface area contributed by atoms with E-state index in [9.17, 15) is 4.79 Å². The monoisotopic (exact) mass is 358 g/mol. The van der Waals surface area contributed by atoms with Crippen molar-refractivity contribution in [1.29, 1.82) is 0 Å². The van der Waals surface area contributed by atoms with Gasteiger partial charge in [0.2, 0.25) is 0 Å². The predicted molar refractivity (Wildman–Crippen MR) is 99.5 cm³/mol. The number of aromatic nitrogens is 2. The Kier molecular flexibility index (Phi) is 6.49. The predicted octanol–water partition coefficient (Wildman–Crippen LogP) is 2.73. The number of rotatable bonds is 7. The maximum absolute atomic E-state index is 12.0. The molecule has 2 N–H and O–H groups in total. The van der Waals surface area contributed by atoms with Gasteiger partial charge < -0.3 is 20.1 Å². The molecule has 1 atom stereocenters. The third kappa shape index (κ3) is 5.49. The fraction of sp³-hybridized carbons (Fsp3) is 0.474. The average Bonchev–Trinajstić information content (AvgIpc) is 3.07. The van der Waals surface area contributed by atoms with Gasteiger partial charge in [0.15, 0.2) is 0 Å². The molecule has 2 amide bonds. The van der Waals surface area contributed by atoms with Gasteiger partial charge in [-0.15, -0.1) is 0 Å². The van der Waals surface area contributed by atoms with Crippen molar-refractivity contribution in [2.24, 2.45) is 7.05 Å². The van der Waals surface area contributed by atoms with E-state index in [1.807, 2.05) is 37.4 Å². The van der Waals surface area contributed by atoms with E-state index < -0.39 is 0 Å². The Morgan fingerprint density at radius 1 is 1.31 bits per heavy atom. The molecule has 1 aliphatic rings. The summed E-state index contributed by atoms with van der Waals surface area (Å²) in [5.41, 5.74) is 1.80.